The van der Waals surface area contributed by atoms with Gasteiger partial charge >= 0.3 is 0 Å². The van der Waals surface area contributed by atoms with Gasteiger partial charge in [-0.25, -0.2) is 8.42 Å². The van der Waals surface area contributed by atoms with Gasteiger partial charge in [-0.1, -0.05) is 6.08 Å². The lowest BCUT2D eigenvalue weighted by Crippen LogP contribution is -3.11. The molecule has 0 aliphatic heterocycles. The molecule has 0 bridgehead atoms. The van der Waals surface area contributed by atoms with Crippen LogP contribution in [0.1, 0.15) is 46.5 Å². The summed E-state index contributed by atoms with van der Waals surface area (Å²) in [6.07, 6.45) is 4.53. The summed E-state index contributed by atoms with van der Waals surface area (Å²) in [4.78, 5) is 1.76. The van der Waals surface area contributed by atoms with E-state index >= 15 is 0 Å². The lowest BCUT2D eigenvalue weighted by molar-refractivity contribution is -0.894. The third kappa shape index (κ3) is 7.52. The predicted octanol–water partition coefficient (Wildman–Crippen LogP) is 0.920. The summed E-state index contributed by atoms with van der Waals surface area (Å²) < 4.78 is 31.1. The van der Waals surface area contributed by atoms with E-state index in [1.54, 1.807) is 4.90 Å². The zero-order valence-corrected chi connectivity index (χ0v) is 12.0. The number of hydrogen-bond donors (Lipinski definition) is 1. The number of quaternary nitrogens is 1. The van der Waals surface area contributed by atoms with Gasteiger partial charge in [0.2, 0.25) is 0 Å². The van der Waals surface area contributed by atoms with Gasteiger partial charge < -0.3 is 9.45 Å². The maximum Gasteiger partial charge on any atom is 0.120 e. The average Bonchev–Trinajstić information content (AvgIpc) is 2.32. The molecular formula is C12H25NO3S. The molecule has 102 valence electrons. The van der Waals surface area contributed by atoms with Gasteiger partial charge in [-0.05, 0) is 46.5 Å². The van der Waals surface area contributed by atoms with Crippen molar-refractivity contribution in [3.63, 3.8) is 0 Å². The van der Waals surface area contributed by atoms with E-state index in [1.165, 1.54) is 25.7 Å². The number of nitrogens with one attached hydrogen (secondary N) is 1. The van der Waals surface area contributed by atoms with Crippen molar-refractivity contribution >= 4 is 10.1 Å². The Balaban J connectivity index is 0.000000325. The van der Waals surface area contributed by atoms with E-state index in [1.807, 2.05) is 0 Å². The van der Waals surface area contributed by atoms with Gasteiger partial charge in [-0.15, -0.1) is 0 Å². The van der Waals surface area contributed by atoms with Gasteiger partial charge in [0, 0.05) is 4.91 Å². The second kappa shape index (κ2) is 8.66. The minimum atomic E-state index is -4.11. The minimum absolute atomic E-state index is 0.0822. The van der Waals surface area contributed by atoms with Crippen LogP contribution in [0.5, 0.6) is 0 Å². The molecule has 5 heteroatoms. The molecule has 0 saturated heterocycles. The molecule has 0 heterocycles. The minimum Gasteiger partial charge on any atom is -0.744 e. The van der Waals surface area contributed by atoms with Crippen molar-refractivity contribution in [3.8, 4) is 0 Å². The average molecular weight is 263 g/mol. The van der Waals surface area contributed by atoms with E-state index in [9.17, 15) is 13.0 Å². The van der Waals surface area contributed by atoms with Crippen LogP contribution in [0.25, 0.3) is 0 Å². The Bertz CT molecular complexity index is 313. The molecule has 1 aliphatic rings. The van der Waals surface area contributed by atoms with Gasteiger partial charge in [-0.2, -0.15) is 0 Å². The van der Waals surface area contributed by atoms with Crippen molar-refractivity contribution in [3.05, 3.63) is 11.0 Å². The maximum absolute atomic E-state index is 10.4. The molecule has 0 unspecified atom stereocenters. The van der Waals surface area contributed by atoms with Crippen LogP contribution in [0.15, 0.2) is 11.0 Å². The van der Waals surface area contributed by atoms with Gasteiger partial charge in [0.1, 0.15) is 10.1 Å². The largest absolute Gasteiger partial charge is 0.744 e. The van der Waals surface area contributed by atoms with Crippen LogP contribution in [-0.4, -0.2) is 32.6 Å². The second-order valence-corrected chi connectivity index (χ2v) is 5.61. The van der Waals surface area contributed by atoms with Crippen LogP contribution < -0.4 is 4.90 Å². The fourth-order valence-electron chi connectivity index (χ4n) is 1.79. The molecule has 17 heavy (non-hydrogen) atoms. The van der Waals surface area contributed by atoms with E-state index in [2.05, 4.69) is 20.8 Å². The summed E-state index contributed by atoms with van der Waals surface area (Å²) in [5, 5.41) is 0. The molecule has 0 atom stereocenters. The fraction of sp³-hybridized carbons (Fsp3) is 0.833. The smallest absolute Gasteiger partial charge is 0.120 e. The summed E-state index contributed by atoms with van der Waals surface area (Å²) in [5.41, 5.74) is 0. The topological polar surface area (TPSA) is 61.6 Å². The maximum atomic E-state index is 10.4. The molecule has 0 aromatic heterocycles. The summed E-state index contributed by atoms with van der Waals surface area (Å²) in [7, 11) is -4.11. The summed E-state index contributed by atoms with van der Waals surface area (Å²) in [6, 6.07) is 0. The SMILES string of the molecule is CC[NH+](CC)CC.O=S(=O)([O-])C1=CCCCC1. The van der Waals surface area contributed by atoms with Crippen molar-refractivity contribution in [1.82, 2.24) is 0 Å². The number of allylic oxidation sites excluding steroid dienone is 2. The summed E-state index contributed by atoms with van der Waals surface area (Å²) in [5.74, 6) is 0. The van der Waals surface area contributed by atoms with Crippen LogP contribution >= 0.6 is 0 Å². The number of rotatable bonds is 4. The van der Waals surface area contributed by atoms with Crippen molar-refractivity contribution in [2.75, 3.05) is 19.6 Å². The van der Waals surface area contributed by atoms with Crippen LogP contribution in [0, 0.1) is 0 Å². The van der Waals surface area contributed by atoms with E-state index in [0.717, 1.165) is 19.3 Å². The van der Waals surface area contributed by atoms with Crippen LogP contribution in [-0.2, 0) is 10.1 Å². The van der Waals surface area contributed by atoms with Crippen molar-refractivity contribution in [2.24, 2.45) is 0 Å². The van der Waals surface area contributed by atoms with Gasteiger partial charge in [-0.3, -0.25) is 0 Å². The molecule has 4 nitrogen and oxygen atoms in total. The molecule has 0 aromatic rings. The zero-order valence-electron chi connectivity index (χ0n) is 11.2. The van der Waals surface area contributed by atoms with Crippen LogP contribution in [0.4, 0.5) is 0 Å². The molecule has 0 aromatic carbocycles. The van der Waals surface area contributed by atoms with Crippen molar-refractivity contribution < 1.29 is 17.9 Å². The highest BCUT2D eigenvalue weighted by Crippen LogP contribution is 2.20. The normalized spacial score (nSPS) is 16.2. The van der Waals surface area contributed by atoms with Gasteiger partial charge in [0.25, 0.3) is 0 Å². The Kier molecular flexibility index (Phi) is 8.47. The first-order valence-electron chi connectivity index (χ1n) is 6.44. The molecule has 0 saturated carbocycles. The molecule has 1 rings (SSSR count). The third-order valence-electron chi connectivity index (χ3n) is 3.07. The Labute approximate surface area is 105 Å². The third-order valence-corrected chi connectivity index (χ3v) is 4.08. The zero-order chi connectivity index (χ0) is 13.3. The van der Waals surface area contributed by atoms with Crippen LogP contribution in [0.2, 0.25) is 0 Å². The Morgan fingerprint density at radius 3 is 1.88 bits per heavy atom. The van der Waals surface area contributed by atoms with Gasteiger partial charge in [0.05, 0.1) is 19.6 Å². The van der Waals surface area contributed by atoms with E-state index in [-0.39, 0.29) is 4.91 Å². The summed E-state index contributed by atoms with van der Waals surface area (Å²) >= 11 is 0. The van der Waals surface area contributed by atoms with Crippen LogP contribution in [0.3, 0.4) is 0 Å². The first-order valence-corrected chi connectivity index (χ1v) is 7.84. The van der Waals surface area contributed by atoms with E-state index < -0.39 is 10.1 Å². The fourth-order valence-corrected chi connectivity index (χ4v) is 2.50. The second-order valence-electron chi connectivity index (χ2n) is 4.18. The highest BCUT2D eigenvalue weighted by Gasteiger charge is 2.08. The molecule has 1 N–H and O–H groups in total. The molecule has 0 fully saturated rings. The van der Waals surface area contributed by atoms with Gasteiger partial charge in [0.15, 0.2) is 0 Å². The molecule has 1 aliphatic carbocycles. The Morgan fingerprint density at radius 2 is 1.71 bits per heavy atom. The monoisotopic (exact) mass is 263 g/mol. The standard InChI is InChI=1S/C6H15N.C6H10O3S/c1-4-7(5-2)6-3;7-10(8,9)6-4-2-1-3-5-6/h4-6H2,1-3H3;4H,1-3,5H2,(H,7,8,9). The summed E-state index contributed by atoms with van der Waals surface area (Å²) in [6.45, 7) is 10.5. The lowest BCUT2D eigenvalue weighted by atomic mass is 10.1. The predicted molar refractivity (Wildman–Crippen MR) is 68.8 cm³/mol. The van der Waals surface area contributed by atoms with E-state index in [0.29, 0.717) is 6.42 Å². The Hall–Kier alpha value is -0.390. The van der Waals surface area contributed by atoms with E-state index in [4.69, 9.17) is 0 Å². The quantitative estimate of drug-likeness (QED) is 0.767. The first-order chi connectivity index (χ1) is 7.95. The first kappa shape index (κ1) is 16.6. The molecular weight excluding hydrogens is 238 g/mol. The highest BCUT2D eigenvalue weighted by molar-refractivity contribution is 7.89. The van der Waals surface area contributed by atoms with Crippen molar-refractivity contribution in [2.45, 2.75) is 46.5 Å². The lowest BCUT2D eigenvalue weighted by Gasteiger charge is -2.15. The molecule has 0 radical (unpaired) electrons. The highest BCUT2D eigenvalue weighted by atomic mass is 32.2. The van der Waals surface area contributed by atoms with Crippen molar-refractivity contribution in [1.29, 1.82) is 0 Å². The Morgan fingerprint density at radius 1 is 1.18 bits per heavy atom. The molecule has 0 amide bonds. The number of hydrogen-bond acceptors (Lipinski definition) is 3. The molecule has 0 spiro atoms.